The number of hydrogen-bond acceptors (Lipinski definition) is 4. The first-order valence-corrected chi connectivity index (χ1v) is 8.96. The molecule has 0 aromatic heterocycles. The summed E-state index contributed by atoms with van der Waals surface area (Å²) in [6, 6.07) is 5.85. The second-order valence-corrected chi connectivity index (χ2v) is 7.62. The van der Waals surface area contributed by atoms with Crippen molar-refractivity contribution >= 4 is 17.5 Å². The summed E-state index contributed by atoms with van der Waals surface area (Å²) >= 11 is 0. The number of aliphatic hydroxyl groups is 1. The van der Waals surface area contributed by atoms with E-state index in [4.69, 9.17) is 0 Å². The van der Waals surface area contributed by atoms with Crippen LogP contribution in [0.1, 0.15) is 31.1 Å². The van der Waals surface area contributed by atoms with E-state index in [0.717, 1.165) is 10.6 Å². The highest BCUT2D eigenvalue weighted by Gasteiger charge is 2.58. The van der Waals surface area contributed by atoms with Gasteiger partial charge in [0.15, 0.2) is 0 Å². The molecule has 1 saturated heterocycles. The number of anilines is 1. The third-order valence-corrected chi connectivity index (χ3v) is 5.11. The highest BCUT2D eigenvalue weighted by Crippen LogP contribution is 2.33. The molecule has 0 unspecified atom stereocenters. The highest BCUT2D eigenvalue weighted by atomic mass is 19.4. The zero-order valence-corrected chi connectivity index (χ0v) is 16.6. The van der Waals surface area contributed by atoms with Gasteiger partial charge in [-0.3, -0.25) is 9.59 Å². The Morgan fingerprint density at radius 1 is 1.04 bits per heavy atom. The average molecular weight is 401 g/mol. The molecule has 2 amide bonds. The molecule has 1 heterocycles. The number of carbonyl (C=O) groups excluding carboxylic acids is 2. The quantitative estimate of drug-likeness (QED) is 0.843. The lowest BCUT2D eigenvalue weighted by Crippen LogP contribution is -2.65. The van der Waals surface area contributed by atoms with E-state index in [1.54, 1.807) is 30.9 Å². The fraction of sp³-hybridized carbons (Fsp3) is 0.579. The standard InChI is InChI=1S/C19H26F3N3O3/c1-12-11-25(17(27)18(3,28)19(20,21)22)13(2)10-24(12)16(26)14-6-8-15(9-7-14)23(4)5/h6-9,12-13,28H,10-11H2,1-5H3/t12-,13+,18-/m1/s1. The van der Waals surface area contributed by atoms with Crippen molar-refractivity contribution in [1.82, 2.24) is 9.80 Å². The number of amides is 2. The molecule has 3 atom stereocenters. The third kappa shape index (κ3) is 4.09. The van der Waals surface area contributed by atoms with Gasteiger partial charge in [0.25, 0.3) is 11.8 Å². The normalized spacial score (nSPS) is 22.6. The number of hydrogen-bond donors (Lipinski definition) is 1. The second kappa shape index (κ2) is 7.62. The number of rotatable bonds is 3. The van der Waals surface area contributed by atoms with Gasteiger partial charge in [-0.25, -0.2) is 0 Å². The molecular formula is C19H26F3N3O3. The molecule has 0 bridgehead atoms. The van der Waals surface area contributed by atoms with E-state index >= 15 is 0 Å². The first-order chi connectivity index (χ1) is 12.8. The maximum Gasteiger partial charge on any atom is 0.426 e. The predicted molar refractivity (Wildman–Crippen MR) is 99.1 cm³/mol. The van der Waals surface area contributed by atoms with E-state index in [-0.39, 0.29) is 19.0 Å². The zero-order chi connectivity index (χ0) is 21.4. The molecule has 1 N–H and O–H groups in total. The van der Waals surface area contributed by atoms with Crippen molar-refractivity contribution in [2.75, 3.05) is 32.1 Å². The van der Waals surface area contributed by atoms with Gasteiger partial charge in [0.2, 0.25) is 5.60 Å². The van der Waals surface area contributed by atoms with Crippen LogP contribution in [0.2, 0.25) is 0 Å². The average Bonchev–Trinajstić information content (AvgIpc) is 2.61. The van der Waals surface area contributed by atoms with E-state index in [1.165, 1.54) is 0 Å². The van der Waals surface area contributed by atoms with Crippen molar-refractivity contribution < 1.29 is 27.9 Å². The van der Waals surface area contributed by atoms with Gasteiger partial charge in [0.05, 0.1) is 0 Å². The third-order valence-electron chi connectivity index (χ3n) is 5.11. The number of carbonyl (C=O) groups is 2. The fourth-order valence-electron chi connectivity index (χ4n) is 3.16. The van der Waals surface area contributed by atoms with Crippen LogP contribution >= 0.6 is 0 Å². The molecule has 1 aliphatic rings. The maximum absolute atomic E-state index is 13.0. The summed E-state index contributed by atoms with van der Waals surface area (Å²) in [4.78, 5) is 29.6. The molecule has 0 aliphatic carbocycles. The summed E-state index contributed by atoms with van der Waals surface area (Å²) in [6.45, 7) is 3.67. The molecule has 0 spiro atoms. The van der Waals surface area contributed by atoms with Crippen molar-refractivity contribution in [3.8, 4) is 0 Å². The molecule has 1 aromatic rings. The molecule has 0 saturated carbocycles. The number of halogens is 3. The van der Waals surface area contributed by atoms with Crippen LogP contribution in [0.3, 0.4) is 0 Å². The predicted octanol–water partition coefficient (Wildman–Crippen LogP) is 2.13. The minimum atomic E-state index is -5.08. The van der Waals surface area contributed by atoms with Crippen LogP contribution in [0.25, 0.3) is 0 Å². The molecule has 156 valence electrons. The molecule has 0 radical (unpaired) electrons. The van der Waals surface area contributed by atoms with Crippen LogP contribution in [0.15, 0.2) is 24.3 Å². The minimum Gasteiger partial charge on any atom is -0.378 e. The van der Waals surface area contributed by atoms with Crippen molar-refractivity contribution in [2.45, 2.75) is 44.6 Å². The molecule has 28 heavy (non-hydrogen) atoms. The summed E-state index contributed by atoms with van der Waals surface area (Å²) in [5, 5.41) is 9.70. The molecule has 1 aliphatic heterocycles. The fourth-order valence-corrected chi connectivity index (χ4v) is 3.16. The Morgan fingerprint density at radius 2 is 1.50 bits per heavy atom. The van der Waals surface area contributed by atoms with Crippen molar-refractivity contribution in [1.29, 1.82) is 0 Å². The molecule has 6 nitrogen and oxygen atoms in total. The van der Waals surface area contributed by atoms with Crippen LogP contribution in [-0.4, -0.2) is 77.8 Å². The first-order valence-electron chi connectivity index (χ1n) is 8.96. The van der Waals surface area contributed by atoms with E-state index in [9.17, 15) is 27.9 Å². The monoisotopic (exact) mass is 401 g/mol. The van der Waals surface area contributed by atoms with Crippen LogP contribution in [0, 0.1) is 0 Å². The summed E-state index contributed by atoms with van der Waals surface area (Å²) < 4.78 is 39.0. The Morgan fingerprint density at radius 3 is 1.96 bits per heavy atom. The summed E-state index contributed by atoms with van der Waals surface area (Å²) in [5.74, 6) is -1.65. The van der Waals surface area contributed by atoms with Gasteiger partial charge in [0, 0.05) is 50.5 Å². The van der Waals surface area contributed by atoms with E-state index < -0.39 is 29.8 Å². The van der Waals surface area contributed by atoms with Gasteiger partial charge in [-0.1, -0.05) is 0 Å². The SMILES string of the molecule is C[C@@H]1CN(C(=O)[C@@](C)(O)C(F)(F)F)[C@@H](C)CN1C(=O)c1ccc(N(C)C)cc1. The summed E-state index contributed by atoms with van der Waals surface area (Å²) in [6.07, 6.45) is -5.08. The molecule has 1 aromatic carbocycles. The topological polar surface area (TPSA) is 64.1 Å². The highest BCUT2D eigenvalue weighted by molar-refractivity contribution is 5.95. The lowest BCUT2D eigenvalue weighted by atomic mass is 9.99. The molecule has 1 fully saturated rings. The van der Waals surface area contributed by atoms with Crippen molar-refractivity contribution in [3.63, 3.8) is 0 Å². The number of alkyl halides is 3. The van der Waals surface area contributed by atoms with Crippen LogP contribution in [0.5, 0.6) is 0 Å². The van der Waals surface area contributed by atoms with E-state index in [0.29, 0.717) is 12.5 Å². The Hall–Kier alpha value is -2.29. The summed E-state index contributed by atoms with van der Waals surface area (Å²) in [7, 11) is 3.76. The first kappa shape index (κ1) is 22.0. The van der Waals surface area contributed by atoms with Crippen molar-refractivity contribution in [3.05, 3.63) is 29.8 Å². The van der Waals surface area contributed by atoms with Gasteiger partial charge < -0.3 is 19.8 Å². The van der Waals surface area contributed by atoms with Gasteiger partial charge >= 0.3 is 6.18 Å². The largest absolute Gasteiger partial charge is 0.426 e. The van der Waals surface area contributed by atoms with Gasteiger partial charge in [0.1, 0.15) is 0 Å². The van der Waals surface area contributed by atoms with Gasteiger partial charge in [-0.15, -0.1) is 0 Å². The maximum atomic E-state index is 13.0. The Kier molecular flexibility index (Phi) is 5.98. The minimum absolute atomic E-state index is 0.0785. The molecular weight excluding hydrogens is 375 g/mol. The van der Waals surface area contributed by atoms with E-state index in [1.807, 2.05) is 31.1 Å². The smallest absolute Gasteiger partial charge is 0.378 e. The Balaban J connectivity index is 2.16. The van der Waals surface area contributed by atoms with E-state index in [2.05, 4.69) is 0 Å². The second-order valence-electron chi connectivity index (χ2n) is 7.62. The van der Waals surface area contributed by atoms with Gasteiger partial charge in [-0.05, 0) is 45.0 Å². The van der Waals surface area contributed by atoms with Crippen LogP contribution in [-0.2, 0) is 4.79 Å². The zero-order valence-electron chi connectivity index (χ0n) is 16.6. The number of nitrogens with zero attached hydrogens (tertiary/aromatic N) is 3. The number of benzene rings is 1. The van der Waals surface area contributed by atoms with Crippen molar-refractivity contribution in [2.24, 2.45) is 0 Å². The lowest BCUT2D eigenvalue weighted by Gasteiger charge is -2.46. The van der Waals surface area contributed by atoms with Gasteiger partial charge in [-0.2, -0.15) is 13.2 Å². The summed E-state index contributed by atoms with van der Waals surface area (Å²) in [5.41, 5.74) is -2.07. The van der Waals surface area contributed by atoms with Crippen LogP contribution in [0.4, 0.5) is 18.9 Å². The Labute approximate surface area is 162 Å². The number of piperazine rings is 1. The lowest BCUT2D eigenvalue weighted by molar-refractivity contribution is -0.251. The Bertz CT molecular complexity index is 732. The van der Waals surface area contributed by atoms with Crippen LogP contribution < -0.4 is 4.90 Å². The molecule has 9 heteroatoms. The molecule has 2 rings (SSSR count).